The summed E-state index contributed by atoms with van der Waals surface area (Å²) < 4.78 is 26.4. The third-order valence-corrected chi connectivity index (χ3v) is 4.58. The highest BCUT2D eigenvalue weighted by atomic mass is 79.9. The molecule has 0 saturated heterocycles. The van der Waals surface area contributed by atoms with Crippen molar-refractivity contribution in [1.29, 1.82) is 0 Å². The van der Waals surface area contributed by atoms with Gasteiger partial charge in [-0.2, -0.15) is 4.72 Å². The molecule has 1 atom stereocenters. The van der Waals surface area contributed by atoms with E-state index in [1.54, 1.807) is 13.0 Å². The number of aliphatic hydroxyl groups excluding tert-OH is 1. The van der Waals surface area contributed by atoms with Crippen molar-refractivity contribution in [3.05, 3.63) is 28.2 Å². The average molecular weight is 338 g/mol. The van der Waals surface area contributed by atoms with Gasteiger partial charge in [-0.15, -0.1) is 0 Å². The maximum absolute atomic E-state index is 11.9. The first-order chi connectivity index (χ1) is 8.27. The van der Waals surface area contributed by atoms with E-state index in [0.717, 1.165) is 4.47 Å². The molecule has 0 aliphatic heterocycles. The molecule has 0 saturated carbocycles. The fourth-order valence-electron chi connectivity index (χ4n) is 1.21. The normalized spacial score (nSPS) is 13.3. The fraction of sp³-hybridized carbons (Fsp3) is 0.300. The topological polar surface area (TPSA) is 104 Å². The Kier molecular flexibility index (Phi) is 4.85. The predicted octanol–water partition coefficient (Wildman–Crippen LogP) is 0.481. The van der Waals surface area contributed by atoms with E-state index in [-0.39, 0.29) is 4.90 Å². The molecule has 0 spiro atoms. The van der Waals surface area contributed by atoms with Crippen LogP contribution in [0.15, 0.2) is 27.6 Å². The first-order valence-corrected chi connectivity index (χ1v) is 7.17. The van der Waals surface area contributed by atoms with Crippen molar-refractivity contribution < 1.29 is 23.4 Å². The third kappa shape index (κ3) is 3.52. The Bertz CT molecular complexity index is 557. The molecule has 1 aromatic carbocycles. The molecule has 6 nitrogen and oxygen atoms in total. The van der Waals surface area contributed by atoms with Gasteiger partial charge in [-0.05, 0) is 30.7 Å². The lowest BCUT2D eigenvalue weighted by Crippen LogP contribution is -2.43. The van der Waals surface area contributed by atoms with Crippen LogP contribution >= 0.6 is 15.9 Å². The van der Waals surface area contributed by atoms with Crippen molar-refractivity contribution in [3.8, 4) is 0 Å². The minimum Gasteiger partial charge on any atom is -0.480 e. The summed E-state index contributed by atoms with van der Waals surface area (Å²) in [5.41, 5.74) is 0.703. The molecule has 0 aromatic heterocycles. The predicted molar refractivity (Wildman–Crippen MR) is 67.7 cm³/mol. The second-order valence-electron chi connectivity index (χ2n) is 3.61. The van der Waals surface area contributed by atoms with Crippen LogP contribution in [0.2, 0.25) is 0 Å². The summed E-state index contributed by atoms with van der Waals surface area (Å²) in [4.78, 5) is 10.6. The van der Waals surface area contributed by atoms with Crippen molar-refractivity contribution in [2.45, 2.75) is 17.9 Å². The van der Waals surface area contributed by atoms with Crippen LogP contribution in [0, 0.1) is 6.92 Å². The number of carboxylic acids is 1. The quantitative estimate of drug-likeness (QED) is 0.725. The van der Waals surface area contributed by atoms with E-state index in [9.17, 15) is 13.2 Å². The molecule has 0 fully saturated rings. The minimum atomic E-state index is -3.97. The van der Waals surface area contributed by atoms with Crippen LogP contribution in [0.3, 0.4) is 0 Å². The number of halogens is 1. The van der Waals surface area contributed by atoms with Crippen LogP contribution in [0.4, 0.5) is 0 Å². The van der Waals surface area contributed by atoms with Crippen molar-refractivity contribution in [2.75, 3.05) is 6.61 Å². The van der Waals surface area contributed by atoms with Gasteiger partial charge < -0.3 is 10.2 Å². The van der Waals surface area contributed by atoms with E-state index in [0.29, 0.717) is 5.56 Å². The van der Waals surface area contributed by atoms with Crippen LogP contribution in [-0.4, -0.2) is 37.2 Å². The van der Waals surface area contributed by atoms with E-state index in [4.69, 9.17) is 10.2 Å². The monoisotopic (exact) mass is 337 g/mol. The Hall–Kier alpha value is -0.960. The number of aryl methyl sites for hydroxylation is 1. The van der Waals surface area contributed by atoms with Gasteiger partial charge >= 0.3 is 5.97 Å². The van der Waals surface area contributed by atoms with Gasteiger partial charge in [-0.1, -0.05) is 15.9 Å². The maximum Gasteiger partial charge on any atom is 0.324 e. The summed E-state index contributed by atoms with van der Waals surface area (Å²) in [6, 6.07) is 2.75. The SMILES string of the molecule is Cc1cc(S(=O)(=O)NC(CO)C(=O)O)ccc1Br. The first-order valence-electron chi connectivity index (χ1n) is 4.90. The molecule has 1 aromatic rings. The highest BCUT2D eigenvalue weighted by Gasteiger charge is 2.24. The van der Waals surface area contributed by atoms with Crippen LogP contribution in [0.25, 0.3) is 0 Å². The molecular formula is C10H12BrNO5S. The zero-order valence-corrected chi connectivity index (χ0v) is 11.8. The van der Waals surface area contributed by atoms with Crippen molar-refractivity contribution in [2.24, 2.45) is 0 Å². The second kappa shape index (κ2) is 5.79. The van der Waals surface area contributed by atoms with Crippen molar-refractivity contribution in [3.63, 3.8) is 0 Å². The lowest BCUT2D eigenvalue weighted by atomic mass is 10.2. The zero-order valence-electron chi connectivity index (χ0n) is 9.42. The molecule has 8 heteroatoms. The molecule has 1 rings (SSSR count). The van der Waals surface area contributed by atoms with Gasteiger partial charge in [0.25, 0.3) is 0 Å². The van der Waals surface area contributed by atoms with Gasteiger partial charge in [0.2, 0.25) is 10.0 Å². The number of aliphatic carboxylic acids is 1. The zero-order chi connectivity index (χ0) is 13.9. The van der Waals surface area contributed by atoms with Gasteiger partial charge in [0, 0.05) is 4.47 Å². The number of nitrogens with one attached hydrogen (secondary N) is 1. The van der Waals surface area contributed by atoms with Crippen LogP contribution in [0.5, 0.6) is 0 Å². The molecule has 3 N–H and O–H groups in total. The van der Waals surface area contributed by atoms with Crippen LogP contribution < -0.4 is 4.72 Å². The van der Waals surface area contributed by atoms with Crippen molar-refractivity contribution >= 4 is 31.9 Å². The number of aliphatic hydroxyl groups is 1. The first kappa shape index (κ1) is 15.1. The Labute approximate surface area is 113 Å². The van der Waals surface area contributed by atoms with E-state index >= 15 is 0 Å². The number of hydrogen-bond acceptors (Lipinski definition) is 4. The summed E-state index contributed by atoms with van der Waals surface area (Å²) in [5, 5.41) is 17.5. The average Bonchev–Trinajstić information content (AvgIpc) is 2.29. The lowest BCUT2D eigenvalue weighted by molar-refractivity contribution is -0.139. The van der Waals surface area contributed by atoms with E-state index in [1.807, 2.05) is 4.72 Å². The number of benzene rings is 1. The van der Waals surface area contributed by atoms with Crippen LogP contribution in [-0.2, 0) is 14.8 Å². The number of carbonyl (C=O) groups is 1. The van der Waals surface area contributed by atoms with Gasteiger partial charge in [0.05, 0.1) is 11.5 Å². The molecule has 100 valence electrons. The lowest BCUT2D eigenvalue weighted by Gasteiger charge is -2.12. The molecule has 0 heterocycles. The highest BCUT2D eigenvalue weighted by Crippen LogP contribution is 2.20. The van der Waals surface area contributed by atoms with Crippen molar-refractivity contribution in [1.82, 2.24) is 4.72 Å². The van der Waals surface area contributed by atoms with E-state index in [1.165, 1.54) is 12.1 Å². The second-order valence-corrected chi connectivity index (χ2v) is 6.17. The fourth-order valence-corrected chi connectivity index (χ4v) is 2.72. The highest BCUT2D eigenvalue weighted by molar-refractivity contribution is 9.10. The Morgan fingerprint density at radius 3 is 2.56 bits per heavy atom. The Morgan fingerprint density at radius 1 is 1.50 bits per heavy atom. The van der Waals surface area contributed by atoms with Crippen LogP contribution in [0.1, 0.15) is 5.56 Å². The summed E-state index contributed by atoms with van der Waals surface area (Å²) in [6.45, 7) is 0.897. The molecule has 0 aliphatic carbocycles. The summed E-state index contributed by atoms with van der Waals surface area (Å²) >= 11 is 3.23. The van der Waals surface area contributed by atoms with Gasteiger partial charge in [-0.25, -0.2) is 8.42 Å². The minimum absolute atomic E-state index is 0.0529. The standard InChI is InChI=1S/C10H12BrNO5S/c1-6-4-7(2-3-8(6)11)18(16,17)12-9(5-13)10(14)15/h2-4,9,12-13H,5H2,1H3,(H,14,15). The Morgan fingerprint density at radius 2 is 2.11 bits per heavy atom. The number of sulfonamides is 1. The summed E-state index contributed by atoms with van der Waals surface area (Å²) in [7, 11) is -3.97. The van der Waals surface area contributed by atoms with E-state index in [2.05, 4.69) is 15.9 Å². The third-order valence-electron chi connectivity index (χ3n) is 2.22. The summed E-state index contributed by atoms with van der Waals surface area (Å²) in [6.07, 6.45) is 0. The molecule has 0 radical (unpaired) electrons. The summed E-state index contributed by atoms with van der Waals surface area (Å²) in [5.74, 6) is -1.44. The van der Waals surface area contributed by atoms with Gasteiger partial charge in [0.1, 0.15) is 6.04 Å². The number of carboxylic acid groups (broad SMARTS) is 1. The largest absolute Gasteiger partial charge is 0.480 e. The van der Waals surface area contributed by atoms with E-state index < -0.39 is 28.6 Å². The maximum atomic E-state index is 11.9. The molecule has 0 amide bonds. The number of hydrogen-bond donors (Lipinski definition) is 3. The molecular weight excluding hydrogens is 326 g/mol. The Balaban J connectivity index is 3.06. The molecule has 0 bridgehead atoms. The van der Waals surface area contributed by atoms with Gasteiger partial charge in [-0.3, -0.25) is 4.79 Å². The number of rotatable bonds is 5. The smallest absolute Gasteiger partial charge is 0.324 e. The van der Waals surface area contributed by atoms with Gasteiger partial charge in [0.15, 0.2) is 0 Å². The molecule has 1 unspecified atom stereocenters. The molecule has 0 aliphatic rings. The molecule has 18 heavy (non-hydrogen) atoms.